The maximum absolute atomic E-state index is 12.5. The van der Waals surface area contributed by atoms with E-state index in [9.17, 15) is 9.59 Å². The minimum Gasteiger partial charge on any atom is -0.273 e. The summed E-state index contributed by atoms with van der Waals surface area (Å²) in [4.78, 5) is 34.9. The van der Waals surface area contributed by atoms with Gasteiger partial charge < -0.3 is 0 Å². The fraction of sp³-hybridized carbons (Fsp3) is 0.0909. The van der Waals surface area contributed by atoms with Gasteiger partial charge in [0.2, 0.25) is 5.91 Å². The molecule has 0 aliphatic rings. The van der Waals surface area contributed by atoms with Crippen molar-refractivity contribution in [2.45, 2.75) is 13.3 Å². The zero-order valence-electron chi connectivity index (χ0n) is 16.1. The van der Waals surface area contributed by atoms with Crippen LogP contribution in [0.1, 0.15) is 20.1 Å². The van der Waals surface area contributed by atoms with Gasteiger partial charge in [-0.1, -0.05) is 35.9 Å². The molecule has 30 heavy (non-hydrogen) atoms. The molecule has 3 heterocycles. The third kappa shape index (κ3) is 4.61. The average Bonchev–Trinajstić information content (AvgIpc) is 3.44. The first-order valence-electron chi connectivity index (χ1n) is 9.20. The van der Waals surface area contributed by atoms with E-state index in [0.717, 1.165) is 32.3 Å². The number of carbonyl (C=O) groups is 2. The number of thiophene rings is 1. The van der Waals surface area contributed by atoms with Crippen LogP contribution in [0, 0.1) is 6.92 Å². The molecule has 0 fully saturated rings. The Hall–Kier alpha value is -3.36. The van der Waals surface area contributed by atoms with E-state index in [0.29, 0.717) is 4.88 Å². The molecule has 0 atom stereocenters. The zero-order valence-corrected chi connectivity index (χ0v) is 17.7. The highest BCUT2D eigenvalue weighted by Crippen LogP contribution is 2.34. The van der Waals surface area contributed by atoms with Gasteiger partial charge in [0.1, 0.15) is 5.01 Å². The highest BCUT2D eigenvalue weighted by molar-refractivity contribution is 7.15. The lowest BCUT2D eigenvalue weighted by atomic mass is 10.1. The van der Waals surface area contributed by atoms with E-state index in [1.165, 1.54) is 22.7 Å². The fourth-order valence-electron chi connectivity index (χ4n) is 2.81. The highest BCUT2D eigenvalue weighted by atomic mass is 32.1. The van der Waals surface area contributed by atoms with Crippen molar-refractivity contribution in [3.8, 4) is 21.8 Å². The Kier molecular flexibility index (Phi) is 5.97. The van der Waals surface area contributed by atoms with Crippen molar-refractivity contribution in [1.82, 2.24) is 20.8 Å². The van der Waals surface area contributed by atoms with Gasteiger partial charge in [0.05, 0.1) is 17.0 Å². The molecule has 3 aromatic heterocycles. The third-order valence-electron chi connectivity index (χ3n) is 4.31. The van der Waals surface area contributed by atoms with E-state index in [-0.39, 0.29) is 18.2 Å². The maximum Gasteiger partial charge on any atom is 0.279 e. The molecule has 1 aromatic carbocycles. The van der Waals surface area contributed by atoms with Crippen LogP contribution in [-0.4, -0.2) is 21.8 Å². The molecule has 4 aromatic rings. The lowest BCUT2D eigenvalue weighted by molar-refractivity contribution is -0.121. The molecule has 0 aliphatic carbocycles. The van der Waals surface area contributed by atoms with Gasteiger partial charge in [-0.05, 0) is 30.5 Å². The second-order valence-electron chi connectivity index (χ2n) is 6.55. The summed E-state index contributed by atoms with van der Waals surface area (Å²) in [6.45, 7) is 2.02. The monoisotopic (exact) mass is 434 g/mol. The molecule has 0 unspecified atom stereocenters. The normalized spacial score (nSPS) is 10.6. The lowest BCUT2D eigenvalue weighted by Crippen LogP contribution is -2.42. The van der Waals surface area contributed by atoms with E-state index >= 15 is 0 Å². The maximum atomic E-state index is 12.5. The van der Waals surface area contributed by atoms with Gasteiger partial charge in [-0.2, -0.15) is 0 Å². The number of nitrogens with one attached hydrogen (secondary N) is 2. The van der Waals surface area contributed by atoms with Crippen LogP contribution in [0.25, 0.3) is 21.8 Å². The van der Waals surface area contributed by atoms with E-state index in [2.05, 4.69) is 15.8 Å². The van der Waals surface area contributed by atoms with E-state index < -0.39 is 0 Å². The number of aromatic nitrogens is 2. The molecule has 6 nitrogen and oxygen atoms in total. The average molecular weight is 435 g/mol. The number of amides is 2. The Morgan fingerprint density at radius 2 is 1.83 bits per heavy atom. The molecule has 2 N–H and O–H groups in total. The number of benzene rings is 1. The van der Waals surface area contributed by atoms with Gasteiger partial charge in [0.15, 0.2) is 0 Å². The number of pyridine rings is 1. The number of thiazole rings is 1. The van der Waals surface area contributed by atoms with Crippen molar-refractivity contribution in [1.29, 1.82) is 0 Å². The van der Waals surface area contributed by atoms with E-state index in [1.54, 1.807) is 24.5 Å². The summed E-state index contributed by atoms with van der Waals surface area (Å²) < 4.78 is 0. The molecule has 0 saturated carbocycles. The Labute approximate surface area is 181 Å². The topological polar surface area (TPSA) is 84.0 Å². The first kappa shape index (κ1) is 19.9. The van der Waals surface area contributed by atoms with Crippen LogP contribution in [0.2, 0.25) is 0 Å². The second-order valence-corrected chi connectivity index (χ2v) is 8.59. The minimum atomic E-state index is -0.336. The smallest absolute Gasteiger partial charge is 0.273 e. The van der Waals surface area contributed by atoms with E-state index in [1.807, 2.05) is 48.7 Å². The third-order valence-corrected chi connectivity index (χ3v) is 6.29. The first-order valence-corrected chi connectivity index (χ1v) is 10.9. The van der Waals surface area contributed by atoms with Crippen molar-refractivity contribution in [2.75, 3.05) is 0 Å². The predicted molar refractivity (Wildman–Crippen MR) is 119 cm³/mol. The Morgan fingerprint density at radius 1 is 1.00 bits per heavy atom. The van der Waals surface area contributed by atoms with Crippen LogP contribution in [0.15, 0.2) is 66.3 Å². The molecule has 4 rings (SSSR count). The van der Waals surface area contributed by atoms with Crippen LogP contribution in [-0.2, 0) is 11.2 Å². The fourth-order valence-corrected chi connectivity index (χ4v) is 4.50. The number of hydrogen-bond donors (Lipinski definition) is 2. The largest absolute Gasteiger partial charge is 0.279 e. The Bertz CT molecular complexity index is 1150. The van der Waals surface area contributed by atoms with Crippen LogP contribution in [0.5, 0.6) is 0 Å². The standard InChI is InChI=1S/C22H18N4O2S2/c1-14-6-8-15(9-7-14)20-18(30-22(24-20)16-4-2-10-23-13-16)12-19(27)25-26-21(28)17-5-3-11-29-17/h2-11,13H,12H2,1H3,(H,25,27)(H,26,28). The summed E-state index contributed by atoms with van der Waals surface area (Å²) in [5.74, 6) is -0.646. The quantitative estimate of drug-likeness (QED) is 0.460. The summed E-state index contributed by atoms with van der Waals surface area (Å²) in [6.07, 6.45) is 3.57. The number of carbonyl (C=O) groups excluding carboxylic acids is 2. The summed E-state index contributed by atoms with van der Waals surface area (Å²) >= 11 is 2.76. The molecule has 0 bridgehead atoms. The zero-order chi connectivity index (χ0) is 20.9. The Balaban J connectivity index is 1.56. The SMILES string of the molecule is Cc1ccc(-c2nc(-c3cccnc3)sc2CC(=O)NNC(=O)c2cccs2)cc1. The van der Waals surface area contributed by atoms with Crippen LogP contribution >= 0.6 is 22.7 Å². The van der Waals surface area contributed by atoms with Gasteiger partial charge in [-0.15, -0.1) is 22.7 Å². The molecule has 0 radical (unpaired) electrons. The van der Waals surface area contributed by atoms with E-state index in [4.69, 9.17) is 4.98 Å². The molecule has 150 valence electrons. The number of aryl methyl sites for hydroxylation is 1. The van der Waals surface area contributed by atoms with Gasteiger partial charge in [-0.3, -0.25) is 25.4 Å². The van der Waals surface area contributed by atoms with Gasteiger partial charge in [-0.25, -0.2) is 4.98 Å². The van der Waals surface area contributed by atoms with Gasteiger partial charge in [0, 0.05) is 28.4 Å². The Morgan fingerprint density at radius 3 is 2.53 bits per heavy atom. The van der Waals surface area contributed by atoms with Crippen LogP contribution < -0.4 is 10.9 Å². The van der Waals surface area contributed by atoms with Crippen LogP contribution in [0.3, 0.4) is 0 Å². The number of rotatable bonds is 5. The van der Waals surface area contributed by atoms with Crippen molar-refractivity contribution in [3.05, 3.63) is 81.6 Å². The van der Waals surface area contributed by atoms with Crippen LogP contribution in [0.4, 0.5) is 0 Å². The summed E-state index contributed by atoms with van der Waals surface area (Å²) in [5.41, 5.74) is 8.70. The summed E-state index contributed by atoms with van der Waals surface area (Å²) in [5, 5.41) is 2.60. The van der Waals surface area contributed by atoms with Gasteiger partial charge in [0.25, 0.3) is 5.91 Å². The molecule has 2 amide bonds. The summed E-state index contributed by atoms with van der Waals surface area (Å²) in [7, 11) is 0. The number of nitrogens with zero attached hydrogens (tertiary/aromatic N) is 2. The molecule has 0 saturated heterocycles. The van der Waals surface area contributed by atoms with Crippen molar-refractivity contribution in [2.24, 2.45) is 0 Å². The van der Waals surface area contributed by atoms with Crippen molar-refractivity contribution in [3.63, 3.8) is 0 Å². The van der Waals surface area contributed by atoms with Gasteiger partial charge >= 0.3 is 0 Å². The molecule has 8 heteroatoms. The minimum absolute atomic E-state index is 0.103. The van der Waals surface area contributed by atoms with Crippen molar-refractivity contribution >= 4 is 34.5 Å². The molecular formula is C22H18N4O2S2. The summed E-state index contributed by atoms with van der Waals surface area (Å²) in [6, 6.07) is 15.3. The number of hydrazine groups is 1. The second kappa shape index (κ2) is 8.98. The lowest BCUT2D eigenvalue weighted by Gasteiger charge is -2.06. The molecular weight excluding hydrogens is 416 g/mol. The molecule has 0 spiro atoms. The highest BCUT2D eigenvalue weighted by Gasteiger charge is 2.18. The number of hydrogen-bond acceptors (Lipinski definition) is 6. The van der Waals surface area contributed by atoms with Crippen molar-refractivity contribution < 1.29 is 9.59 Å². The first-order chi connectivity index (χ1) is 14.6. The predicted octanol–water partition coefficient (Wildman–Crippen LogP) is 4.25. The molecule has 0 aliphatic heterocycles.